The lowest BCUT2D eigenvalue weighted by atomic mass is 9.84. The van der Waals surface area contributed by atoms with E-state index in [0.717, 1.165) is 0 Å². The molecule has 0 unspecified atom stereocenters. The molecule has 2 aromatic rings. The van der Waals surface area contributed by atoms with Gasteiger partial charge in [0.25, 0.3) is 10.0 Å². The van der Waals surface area contributed by atoms with Crippen molar-refractivity contribution in [1.29, 1.82) is 0 Å². The summed E-state index contributed by atoms with van der Waals surface area (Å²) in [7, 11) is -3.74. The highest BCUT2D eigenvalue weighted by atomic mass is 35.5. The van der Waals surface area contributed by atoms with E-state index in [1.807, 2.05) is 12.1 Å². The minimum absolute atomic E-state index is 0.198. The lowest BCUT2D eigenvalue weighted by molar-refractivity contribution is -0.114. The number of halogens is 1. The number of carbonyl (C=O) groups excluding carboxylic acids is 1. The number of anilines is 2. The van der Waals surface area contributed by atoms with E-state index in [9.17, 15) is 13.2 Å². The number of benzene rings is 2. The minimum Gasteiger partial charge on any atom is -0.326 e. The van der Waals surface area contributed by atoms with E-state index in [-0.39, 0.29) is 21.5 Å². The van der Waals surface area contributed by atoms with Gasteiger partial charge in [-0.05, 0) is 54.7 Å². The Bertz CT molecular complexity index is 921. The maximum absolute atomic E-state index is 12.7. The van der Waals surface area contributed by atoms with Crippen molar-refractivity contribution in [2.24, 2.45) is 0 Å². The maximum atomic E-state index is 12.7. The van der Waals surface area contributed by atoms with Crippen molar-refractivity contribution in [3.8, 4) is 0 Å². The zero-order valence-electron chi connectivity index (χ0n) is 15.2. The Labute approximate surface area is 165 Å². The summed E-state index contributed by atoms with van der Waals surface area (Å²) < 4.78 is 27.8. The fourth-order valence-corrected chi connectivity index (χ4v) is 4.80. The molecule has 0 atom stereocenters. The number of hydrogen-bond acceptors (Lipinski definition) is 3. The largest absolute Gasteiger partial charge is 0.326 e. The van der Waals surface area contributed by atoms with Crippen molar-refractivity contribution in [1.82, 2.24) is 0 Å². The first-order valence-corrected chi connectivity index (χ1v) is 10.9. The van der Waals surface area contributed by atoms with Gasteiger partial charge in [-0.25, -0.2) is 8.42 Å². The third-order valence-corrected chi connectivity index (χ3v) is 6.49. The van der Waals surface area contributed by atoms with Gasteiger partial charge in [0.1, 0.15) is 0 Å². The van der Waals surface area contributed by atoms with Crippen molar-refractivity contribution >= 4 is 38.9 Å². The average Bonchev–Trinajstić information content (AvgIpc) is 2.64. The van der Waals surface area contributed by atoms with Crippen LogP contribution in [0.2, 0.25) is 5.02 Å². The molecule has 0 saturated heterocycles. The highest BCUT2D eigenvalue weighted by Crippen LogP contribution is 2.33. The lowest BCUT2D eigenvalue weighted by Crippen LogP contribution is -2.14. The summed E-state index contributed by atoms with van der Waals surface area (Å²) in [5.74, 6) is 0.302. The average molecular weight is 407 g/mol. The van der Waals surface area contributed by atoms with Gasteiger partial charge in [0.15, 0.2) is 0 Å². The van der Waals surface area contributed by atoms with Crippen LogP contribution in [0, 0.1) is 0 Å². The standard InChI is InChI=1S/C20H23ClN2O3S/c1-14(24)22-17-9-12-20(19(21)13-17)23-27(25,26)18-10-7-16(8-11-18)15-5-3-2-4-6-15/h7-13,15,23H,2-6H2,1H3,(H,22,24). The van der Waals surface area contributed by atoms with Gasteiger partial charge < -0.3 is 5.32 Å². The summed E-state index contributed by atoms with van der Waals surface area (Å²) in [5.41, 5.74) is 1.97. The highest BCUT2D eigenvalue weighted by molar-refractivity contribution is 7.92. The Morgan fingerprint density at radius 3 is 2.30 bits per heavy atom. The van der Waals surface area contributed by atoms with Crippen LogP contribution in [-0.4, -0.2) is 14.3 Å². The number of hydrogen-bond donors (Lipinski definition) is 2. The molecular weight excluding hydrogens is 384 g/mol. The maximum Gasteiger partial charge on any atom is 0.261 e. The first-order chi connectivity index (χ1) is 12.8. The van der Waals surface area contributed by atoms with E-state index in [2.05, 4.69) is 10.0 Å². The number of carbonyl (C=O) groups is 1. The smallest absolute Gasteiger partial charge is 0.261 e. The van der Waals surface area contributed by atoms with E-state index < -0.39 is 10.0 Å². The fraction of sp³-hybridized carbons (Fsp3) is 0.350. The molecule has 1 fully saturated rings. The Morgan fingerprint density at radius 1 is 1.04 bits per heavy atom. The zero-order valence-corrected chi connectivity index (χ0v) is 16.7. The number of nitrogens with one attached hydrogen (secondary N) is 2. The molecule has 1 aliphatic rings. The Hall–Kier alpha value is -2.05. The van der Waals surface area contributed by atoms with Crippen LogP contribution >= 0.6 is 11.6 Å². The fourth-order valence-electron chi connectivity index (χ4n) is 3.44. The molecule has 0 bridgehead atoms. The van der Waals surface area contributed by atoms with E-state index in [1.165, 1.54) is 56.7 Å². The second kappa shape index (κ2) is 8.31. The Balaban J connectivity index is 1.75. The van der Waals surface area contributed by atoms with Gasteiger partial charge in [-0.3, -0.25) is 9.52 Å². The van der Waals surface area contributed by atoms with Crippen molar-refractivity contribution in [2.45, 2.75) is 49.8 Å². The summed E-state index contributed by atoms with van der Waals surface area (Å²) >= 11 is 6.15. The zero-order chi connectivity index (χ0) is 19.4. The molecule has 0 aromatic heterocycles. The van der Waals surface area contributed by atoms with E-state index in [0.29, 0.717) is 11.6 Å². The van der Waals surface area contributed by atoms with Gasteiger partial charge in [0.2, 0.25) is 5.91 Å². The Kier molecular flexibility index (Phi) is 6.07. The minimum atomic E-state index is -3.74. The molecule has 1 amide bonds. The van der Waals surface area contributed by atoms with Crippen LogP contribution in [0.4, 0.5) is 11.4 Å². The molecule has 0 aliphatic heterocycles. The van der Waals surface area contributed by atoms with Crippen molar-refractivity contribution in [2.75, 3.05) is 10.0 Å². The molecule has 0 heterocycles. The van der Waals surface area contributed by atoms with Crippen LogP contribution in [0.3, 0.4) is 0 Å². The predicted molar refractivity (Wildman–Crippen MR) is 109 cm³/mol. The van der Waals surface area contributed by atoms with Gasteiger partial charge in [0.05, 0.1) is 15.6 Å². The number of amides is 1. The summed E-state index contributed by atoms with van der Waals surface area (Å²) in [4.78, 5) is 11.3. The molecule has 3 rings (SSSR count). The molecular formula is C20H23ClN2O3S. The molecule has 1 aliphatic carbocycles. The normalized spacial score (nSPS) is 15.3. The quantitative estimate of drug-likeness (QED) is 0.721. The van der Waals surface area contributed by atoms with Crippen molar-refractivity contribution in [3.63, 3.8) is 0 Å². The van der Waals surface area contributed by atoms with Gasteiger partial charge in [-0.1, -0.05) is 43.0 Å². The molecule has 1 saturated carbocycles. The van der Waals surface area contributed by atoms with Gasteiger partial charge in [0, 0.05) is 12.6 Å². The van der Waals surface area contributed by atoms with E-state index in [4.69, 9.17) is 11.6 Å². The summed E-state index contributed by atoms with van der Waals surface area (Å²) in [6, 6.07) is 11.7. The molecule has 0 radical (unpaired) electrons. The molecule has 2 N–H and O–H groups in total. The van der Waals surface area contributed by atoms with Gasteiger partial charge >= 0.3 is 0 Å². The third kappa shape index (κ3) is 5.02. The lowest BCUT2D eigenvalue weighted by Gasteiger charge is -2.22. The first-order valence-electron chi connectivity index (χ1n) is 9.05. The third-order valence-electron chi connectivity index (χ3n) is 4.80. The highest BCUT2D eigenvalue weighted by Gasteiger charge is 2.19. The molecule has 144 valence electrons. The summed E-state index contributed by atoms with van der Waals surface area (Å²) in [5, 5.41) is 2.82. The predicted octanol–water partition coefficient (Wildman–Crippen LogP) is 5.15. The first kappa shape index (κ1) is 19.7. The van der Waals surface area contributed by atoms with Gasteiger partial charge in [-0.2, -0.15) is 0 Å². The van der Waals surface area contributed by atoms with Gasteiger partial charge in [-0.15, -0.1) is 0 Å². The monoisotopic (exact) mass is 406 g/mol. The van der Waals surface area contributed by atoms with Crippen LogP contribution < -0.4 is 10.0 Å². The van der Waals surface area contributed by atoms with Crippen molar-refractivity contribution < 1.29 is 13.2 Å². The molecule has 0 spiro atoms. The van der Waals surface area contributed by atoms with Crippen molar-refractivity contribution in [3.05, 3.63) is 53.1 Å². The molecule has 2 aromatic carbocycles. The second-order valence-corrected chi connectivity index (χ2v) is 8.97. The number of sulfonamides is 1. The van der Waals surface area contributed by atoms with Crippen LogP contribution in [0.25, 0.3) is 0 Å². The Morgan fingerprint density at radius 2 is 1.70 bits per heavy atom. The van der Waals surface area contributed by atoms with Crippen LogP contribution in [0.5, 0.6) is 0 Å². The topological polar surface area (TPSA) is 75.3 Å². The molecule has 7 heteroatoms. The SMILES string of the molecule is CC(=O)Nc1ccc(NS(=O)(=O)c2ccc(C3CCCCC3)cc2)c(Cl)c1. The number of rotatable bonds is 5. The van der Waals surface area contributed by atoms with Crippen LogP contribution in [-0.2, 0) is 14.8 Å². The summed E-state index contributed by atoms with van der Waals surface area (Å²) in [6.45, 7) is 1.39. The molecule has 5 nitrogen and oxygen atoms in total. The second-order valence-electron chi connectivity index (χ2n) is 6.89. The van der Waals surface area contributed by atoms with Crippen LogP contribution in [0.15, 0.2) is 47.4 Å². The molecule has 27 heavy (non-hydrogen) atoms. The van der Waals surface area contributed by atoms with E-state index >= 15 is 0 Å². The van der Waals surface area contributed by atoms with Crippen LogP contribution in [0.1, 0.15) is 50.5 Å². The summed E-state index contributed by atoms with van der Waals surface area (Å²) in [6.07, 6.45) is 6.09. The van der Waals surface area contributed by atoms with E-state index in [1.54, 1.807) is 18.2 Å².